The second kappa shape index (κ2) is 5.34. The summed E-state index contributed by atoms with van der Waals surface area (Å²) in [4.78, 5) is 10.9. The maximum Gasteiger partial charge on any atom is 0.409 e. The van der Waals surface area contributed by atoms with Crippen LogP contribution >= 0.6 is 0 Å². The van der Waals surface area contributed by atoms with Gasteiger partial charge in [0.2, 0.25) is 9.84 Å². The second-order valence-corrected chi connectivity index (χ2v) is 6.14. The van der Waals surface area contributed by atoms with Gasteiger partial charge in [-0.05, 0) is 42.8 Å². The van der Waals surface area contributed by atoms with Crippen molar-refractivity contribution in [3.8, 4) is 0 Å². The van der Waals surface area contributed by atoms with E-state index in [1.165, 1.54) is 24.3 Å². The van der Waals surface area contributed by atoms with Crippen LogP contribution in [0.1, 0.15) is 5.56 Å². The van der Waals surface area contributed by atoms with Gasteiger partial charge in [-0.1, -0.05) is 18.2 Å². The van der Waals surface area contributed by atoms with Crippen LogP contribution < -0.4 is 5.32 Å². The molecular formula is C14H13NO4S. The average Bonchev–Trinajstić information content (AvgIpc) is 2.39. The first kappa shape index (κ1) is 14.1. The Morgan fingerprint density at radius 2 is 1.65 bits per heavy atom. The Morgan fingerprint density at radius 3 is 2.20 bits per heavy atom. The van der Waals surface area contributed by atoms with E-state index in [9.17, 15) is 13.2 Å². The molecule has 0 saturated carbocycles. The molecule has 0 heterocycles. The molecule has 0 saturated heterocycles. The molecule has 6 heteroatoms. The van der Waals surface area contributed by atoms with Crippen LogP contribution in [-0.4, -0.2) is 19.6 Å². The Balaban J connectivity index is 2.40. The van der Waals surface area contributed by atoms with Crippen LogP contribution in [0, 0.1) is 6.92 Å². The van der Waals surface area contributed by atoms with Crippen LogP contribution in [0.4, 0.5) is 10.5 Å². The Bertz CT molecular complexity index is 736. The number of nitrogens with one attached hydrogen (secondary N) is 1. The first-order chi connectivity index (χ1) is 9.41. The molecule has 5 nitrogen and oxygen atoms in total. The zero-order valence-corrected chi connectivity index (χ0v) is 11.5. The van der Waals surface area contributed by atoms with Gasteiger partial charge in [0.1, 0.15) is 0 Å². The molecule has 0 aliphatic carbocycles. The Labute approximate surface area is 116 Å². The van der Waals surface area contributed by atoms with Gasteiger partial charge in [-0.2, -0.15) is 0 Å². The number of carbonyl (C=O) groups is 1. The minimum atomic E-state index is -3.59. The fraction of sp³-hybridized carbons (Fsp3) is 0.0714. The van der Waals surface area contributed by atoms with Crippen molar-refractivity contribution in [3.63, 3.8) is 0 Å². The predicted octanol–water partition coefficient (Wildman–Crippen LogP) is 2.92. The Hall–Kier alpha value is -2.34. The zero-order valence-electron chi connectivity index (χ0n) is 10.7. The summed E-state index contributed by atoms with van der Waals surface area (Å²) < 4.78 is 24.9. The molecule has 0 fully saturated rings. The van der Waals surface area contributed by atoms with Gasteiger partial charge in [-0.3, -0.25) is 5.32 Å². The van der Waals surface area contributed by atoms with Crippen molar-refractivity contribution in [1.82, 2.24) is 0 Å². The quantitative estimate of drug-likeness (QED) is 0.910. The fourth-order valence-corrected chi connectivity index (χ4v) is 3.32. The molecular weight excluding hydrogens is 278 g/mol. The molecule has 2 aromatic rings. The lowest BCUT2D eigenvalue weighted by Crippen LogP contribution is -2.08. The number of anilines is 1. The van der Waals surface area contributed by atoms with Crippen molar-refractivity contribution < 1.29 is 18.3 Å². The molecule has 0 radical (unpaired) electrons. The van der Waals surface area contributed by atoms with Crippen molar-refractivity contribution >= 4 is 21.6 Å². The van der Waals surface area contributed by atoms with Crippen molar-refractivity contribution in [1.29, 1.82) is 0 Å². The van der Waals surface area contributed by atoms with E-state index in [1.807, 2.05) is 0 Å². The average molecular weight is 291 g/mol. The fourth-order valence-electron chi connectivity index (χ4n) is 1.83. The third-order valence-corrected chi connectivity index (χ3v) is 4.73. The molecule has 0 aromatic heterocycles. The third-order valence-electron chi connectivity index (χ3n) is 2.80. The number of rotatable bonds is 3. The van der Waals surface area contributed by atoms with E-state index in [0.29, 0.717) is 11.3 Å². The van der Waals surface area contributed by atoms with E-state index in [0.717, 1.165) is 0 Å². The standard InChI is InChI=1S/C14H13NO4S/c1-10-4-2-3-5-13(10)20(18,19)12-8-6-11(7-9-12)15-14(16)17/h2-9,15H,1H3,(H,16,17). The van der Waals surface area contributed by atoms with Crippen molar-refractivity contribution in [2.45, 2.75) is 16.7 Å². The van der Waals surface area contributed by atoms with Crippen molar-refractivity contribution in [3.05, 3.63) is 54.1 Å². The first-order valence-corrected chi connectivity index (χ1v) is 7.30. The minimum Gasteiger partial charge on any atom is -0.465 e. The number of hydrogen-bond donors (Lipinski definition) is 2. The summed E-state index contributed by atoms with van der Waals surface area (Å²) in [6, 6.07) is 12.3. The molecule has 0 unspecified atom stereocenters. The van der Waals surface area contributed by atoms with Gasteiger partial charge >= 0.3 is 6.09 Å². The topological polar surface area (TPSA) is 83.5 Å². The summed E-state index contributed by atoms with van der Waals surface area (Å²) in [7, 11) is -3.59. The second-order valence-electron chi connectivity index (χ2n) is 4.22. The molecule has 0 atom stereocenters. The van der Waals surface area contributed by atoms with Crippen LogP contribution in [0.15, 0.2) is 58.3 Å². The number of hydrogen-bond acceptors (Lipinski definition) is 3. The molecule has 2 N–H and O–H groups in total. The van der Waals surface area contributed by atoms with E-state index in [2.05, 4.69) is 5.32 Å². The van der Waals surface area contributed by atoms with Crippen LogP contribution in [0.25, 0.3) is 0 Å². The van der Waals surface area contributed by atoms with E-state index < -0.39 is 15.9 Å². The highest BCUT2D eigenvalue weighted by Crippen LogP contribution is 2.24. The number of aryl methyl sites for hydroxylation is 1. The monoisotopic (exact) mass is 291 g/mol. The maximum atomic E-state index is 12.5. The van der Waals surface area contributed by atoms with Gasteiger partial charge in [0.15, 0.2) is 0 Å². The molecule has 0 spiro atoms. The molecule has 0 aliphatic heterocycles. The van der Waals surface area contributed by atoms with Crippen molar-refractivity contribution in [2.24, 2.45) is 0 Å². The van der Waals surface area contributed by atoms with Crippen LogP contribution in [0.5, 0.6) is 0 Å². The summed E-state index contributed by atoms with van der Waals surface area (Å²) >= 11 is 0. The molecule has 1 amide bonds. The van der Waals surface area contributed by atoms with Crippen LogP contribution in [0.3, 0.4) is 0 Å². The summed E-state index contributed by atoms with van der Waals surface area (Å²) in [6.07, 6.45) is -1.19. The van der Waals surface area contributed by atoms with Crippen molar-refractivity contribution in [2.75, 3.05) is 5.32 Å². The maximum absolute atomic E-state index is 12.5. The summed E-state index contributed by atoms with van der Waals surface area (Å²) in [5.41, 5.74) is 0.987. The minimum absolute atomic E-state index is 0.128. The summed E-state index contributed by atoms with van der Waals surface area (Å²) in [5, 5.41) is 10.7. The van der Waals surface area contributed by atoms with Crippen LogP contribution in [0.2, 0.25) is 0 Å². The largest absolute Gasteiger partial charge is 0.465 e. The zero-order chi connectivity index (χ0) is 14.8. The highest BCUT2D eigenvalue weighted by molar-refractivity contribution is 7.91. The van der Waals surface area contributed by atoms with Gasteiger partial charge in [0, 0.05) is 5.69 Å². The summed E-state index contributed by atoms with van der Waals surface area (Å²) in [5.74, 6) is 0. The Kier molecular flexibility index (Phi) is 3.76. The number of amides is 1. The van der Waals surface area contributed by atoms with Gasteiger partial charge in [-0.15, -0.1) is 0 Å². The van der Waals surface area contributed by atoms with Gasteiger partial charge in [0.25, 0.3) is 0 Å². The third kappa shape index (κ3) is 2.80. The molecule has 2 rings (SSSR count). The predicted molar refractivity (Wildman–Crippen MR) is 74.7 cm³/mol. The normalized spacial score (nSPS) is 11.1. The highest BCUT2D eigenvalue weighted by atomic mass is 32.2. The molecule has 0 bridgehead atoms. The smallest absolute Gasteiger partial charge is 0.409 e. The molecule has 2 aromatic carbocycles. The highest BCUT2D eigenvalue weighted by Gasteiger charge is 2.19. The van der Waals surface area contributed by atoms with E-state index in [-0.39, 0.29) is 9.79 Å². The lowest BCUT2D eigenvalue weighted by Gasteiger charge is -2.08. The lowest BCUT2D eigenvalue weighted by atomic mass is 10.2. The Morgan fingerprint density at radius 1 is 1.05 bits per heavy atom. The van der Waals surface area contributed by atoms with Crippen LogP contribution in [-0.2, 0) is 9.84 Å². The number of benzene rings is 2. The van der Waals surface area contributed by atoms with Gasteiger partial charge < -0.3 is 5.11 Å². The number of sulfone groups is 1. The lowest BCUT2D eigenvalue weighted by molar-refractivity contribution is 0.209. The molecule has 0 aliphatic rings. The van der Waals surface area contributed by atoms with E-state index in [4.69, 9.17) is 5.11 Å². The summed E-state index contributed by atoms with van der Waals surface area (Å²) in [6.45, 7) is 1.73. The molecule has 20 heavy (non-hydrogen) atoms. The first-order valence-electron chi connectivity index (χ1n) is 5.82. The SMILES string of the molecule is Cc1ccccc1S(=O)(=O)c1ccc(NC(=O)O)cc1. The number of carboxylic acid groups (broad SMARTS) is 1. The van der Waals surface area contributed by atoms with Gasteiger partial charge in [0.05, 0.1) is 9.79 Å². The van der Waals surface area contributed by atoms with Gasteiger partial charge in [-0.25, -0.2) is 13.2 Å². The van der Waals surface area contributed by atoms with E-state index in [1.54, 1.807) is 31.2 Å². The molecule has 104 valence electrons. The van der Waals surface area contributed by atoms with E-state index >= 15 is 0 Å².